The van der Waals surface area contributed by atoms with E-state index in [1.54, 1.807) is 0 Å². The first-order chi connectivity index (χ1) is 12.1. The van der Waals surface area contributed by atoms with Gasteiger partial charge in [-0.3, -0.25) is 4.90 Å². The lowest BCUT2D eigenvalue weighted by atomic mass is 10.2. The minimum atomic E-state index is 0.892. The first-order valence-electron chi connectivity index (χ1n) is 8.66. The van der Waals surface area contributed by atoms with Gasteiger partial charge in [-0.1, -0.05) is 60.7 Å². The quantitative estimate of drug-likeness (QED) is 0.656. The van der Waals surface area contributed by atoms with Gasteiger partial charge in [-0.15, -0.1) is 0 Å². The monoisotopic (exact) mass is 331 g/mol. The van der Waals surface area contributed by atoms with E-state index in [1.807, 2.05) is 28.9 Å². The van der Waals surface area contributed by atoms with Gasteiger partial charge >= 0.3 is 0 Å². The van der Waals surface area contributed by atoms with E-state index in [-0.39, 0.29) is 0 Å². The fourth-order valence-electron chi connectivity index (χ4n) is 2.99. The Morgan fingerprint density at radius 3 is 2.28 bits per heavy atom. The molecule has 2 aromatic carbocycles. The molecule has 0 fully saturated rings. The molecule has 1 aromatic heterocycles. The summed E-state index contributed by atoms with van der Waals surface area (Å²) in [5.74, 6) is 0. The first-order valence-corrected chi connectivity index (χ1v) is 8.66. The highest BCUT2D eigenvalue weighted by Gasteiger charge is 2.13. The molecule has 0 spiro atoms. The molecule has 0 aliphatic heterocycles. The van der Waals surface area contributed by atoms with E-state index in [9.17, 15) is 0 Å². The smallest absolute Gasteiger partial charge is 0.0648 e. The maximum atomic E-state index is 4.73. The summed E-state index contributed by atoms with van der Waals surface area (Å²) in [4.78, 5) is 2.31. The minimum Gasteiger partial charge on any atom is -0.298 e. The van der Waals surface area contributed by atoms with Gasteiger partial charge in [0.25, 0.3) is 0 Å². The van der Waals surface area contributed by atoms with Crippen molar-refractivity contribution in [3.63, 3.8) is 0 Å². The van der Waals surface area contributed by atoms with Crippen LogP contribution in [0.4, 0.5) is 0 Å². The summed E-state index contributed by atoms with van der Waals surface area (Å²) in [5, 5.41) is 4.73. The third-order valence-electron chi connectivity index (χ3n) is 4.40. The van der Waals surface area contributed by atoms with E-state index < -0.39 is 0 Å². The second-order valence-corrected chi connectivity index (χ2v) is 6.41. The van der Waals surface area contributed by atoms with Crippen molar-refractivity contribution >= 4 is 6.08 Å². The number of hydrogen-bond donors (Lipinski definition) is 0. The molecule has 3 heteroatoms. The van der Waals surface area contributed by atoms with Gasteiger partial charge in [-0.25, -0.2) is 4.68 Å². The summed E-state index contributed by atoms with van der Waals surface area (Å²) in [7, 11) is 2.15. The van der Waals surface area contributed by atoms with Crippen LogP contribution in [0.15, 0.2) is 66.7 Å². The SMILES string of the molecule is Cc1nn(-c2ccccc2)c(C)c1CN(C)C/C=C/c1ccccc1. The van der Waals surface area contributed by atoms with E-state index >= 15 is 0 Å². The van der Waals surface area contributed by atoms with E-state index in [0.29, 0.717) is 0 Å². The molecule has 128 valence electrons. The third-order valence-corrected chi connectivity index (χ3v) is 4.40. The maximum Gasteiger partial charge on any atom is 0.0648 e. The van der Waals surface area contributed by atoms with Crippen molar-refractivity contribution in [2.75, 3.05) is 13.6 Å². The average Bonchev–Trinajstić information content (AvgIpc) is 2.91. The van der Waals surface area contributed by atoms with Gasteiger partial charge in [-0.05, 0) is 38.6 Å². The summed E-state index contributed by atoms with van der Waals surface area (Å²) >= 11 is 0. The number of aryl methyl sites for hydroxylation is 1. The Hall–Kier alpha value is -2.65. The number of aromatic nitrogens is 2. The van der Waals surface area contributed by atoms with Crippen LogP contribution < -0.4 is 0 Å². The van der Waals surface area contributed by atoms with Gasteiger partial charge in [-0.2, -0.15) is 5.10 Å². The van der Waals surface area contributed by atoms with Crippen LogP contribution in [0.2, 0.25) is 0 Å². The predicted octanol–water partition coefficient (Wildman–Crippen LogP) is 4.63. The molecular weight excluding hydrogens is 306 g/mol. The third kappa shape index (κ3) is 4.25. The van der Waals surface area contributed by atoms with Crippen LogP contribution in [-0.4, -0.2) is 28.3 Å². The first kappa shape index (κ1) is 17.2. The number of benzene rings is 2. The Balaban J connectivity index is 1.68. The molecule has 3 nitrogen and oxygen atoms in total. The normalized spacial score (nSPS) is 11.5. The molecule has 3 rings (SSSR count). The Morgan fingerprint density at radius 1 is 0.960 bits per heavy atom. The lowest BCUT2D eigenvalue weighted by Gasteiger charge is -2.15. The molecular formula is C22H25N3. The molecule has 0 radical (unpaired) electrons. The highest BCUT2D eigenvalue weighted by Crippen LogP contribution is 2.19. The molecule has 25 heavy (non-hydrogen) atoms. The van der Waals surface area contributed by atoms with Crippen molar-refractivity contribution in [1.29, 1.82) is 0 Å². The summed E-state index contributed by atoms with van der Waals surface area (Å²) < 4.78 is 2.04. The number of likely N-dealkylation sites (N-methyl/N-ethyl adjacent to an activating group) is 1. The van der Waals surface area contributed by atoms with Crippen LogP contribution in [0.25, 0.3) is 11.8 Å². The fraction of sp³-hybridized carbons (Fsp3) is 0.227. The zero-order valence-electron chi connectivity index (χ0n) is 15.2. The zero-order chi connectivity index (χ0) is 17.6. The van der Waals surface area contributed by atoms with Gasteiger partial charge in [0.2, 0.25) is 0 Å². The molecule has 0 unspecified atom stereocenters. The molecule has 0 amide bonds. The fourth-order valence-corrected chi connectivity index (χ4v) is 2.99. The van der Waals surface area contributed by atoms with E-state index in [0.717, 1.165) is 24.5 Å². The molecule has 0 aliphatic rings. The van der Waals surface area contributed by atoms with Crippen molar-refractivity contribution in [2.45, 2.75) is 20.4 Å². The molecule has 0 aliphatic carbocycles. The van der Waals surface area contributed by atoms with Crippen LogP contribution in [0, 0.1) is 13.8 Å². The topological polar surface area (TPSA) is 21.1 Å². The van der Waals surface area contributed by atoms with Crippen molar-refractivity contribution < 1.29 is 0 Å². The van der Waals surface area contributed by atoms with E-state index in [1.165, 1.54) is 16.8 Å². The Bertz CT molecular complexity index is 832. The molecule has 0 N–H and O–H groups in total. The summed E-state index contributed by atoms with van der Waals surface area (Å²) in [6.07, 6.45) is 4.38. The summed E-state index contributed by atoms with van der Waals surface area (Å²) in [6.45, 7) is 6.04. The number of para-hydroxylation sites is 1. The van der Waals surface area contributed by atoms with Gasteiger partial charge in [0.1, 0.15) is 0 Å². The number of rotatable bonds is 6. The second kappa shape index (κ2) is 7.95. The Morgan fingerprint density at radius 2 is 1.60 bits per heavy atom. The van der Waals surface area contributed by atoms with Gasteiger partial charge < -0.3 is 0 Å². The van der Waals surface area contributed by atoms with Crippen LogP contribution in [0.1, 0.15) is 22.5 Å². The van der Waals surface area contributed by atoms with Gasteiger partial charge in [0.05, 0.1) is 11.4 Å². The Kier molecular flexibility index (Phi) is 5.46. The van der Waals surface area contributed by atoms with Crippen molar-refractivity contribution in [3.8, 4) is 5.69 Å². The van der Waals surface area contributed by atoms with Crippen LogP contribution in [0.3, 0.4) is 0 Å². The van der Waals surface area contributed by atoms with Crippen LogP contribution >= 0.6 is 0 Å². The number of nitrogens with zero attached hydrogens (tertiary/aromatic N) is 3. The molecule has 0 saturated carbocycles. The molecule has 3 aromatic rings. The highest BCUT2D eigenvalue weighted by atomic mass is 15.3. The van der Waals surface area contributed by atoms with E-state index in [4.69, 9.17) is 5.10 Å². The molecule has 0 atom stereocenters. The molecule has 0 saturated heterocycles. The van der Waals surface area contributed by atoms with Crippen molar-refractivity contribution in [2.24, 2.45) is 0 Å². The van der Waals surface area contributed by atoms with Gasteiger partial charge in [0, 0.05) is 24.3 Å². The molecule has 1 heterocycles. The van der Waals surface area contributed by atoms with Gasteiger partial charge in [0.15, 0.2) is 0 Å². The number of hydrogen-bond acceptors (Lipinski definition) is 2. The minimum absolute atomic E-state index is 0.892. The standard InChI is InChI=1S/C22H25N3/c1-18-22(19(2)25(23-18)21-14-8-5-9-15-21)17-24(3)16-10-13-20-11-6-4-7-12-20/h4-15H,16-17H2,1-3H3/b13-10+. The lowest BCUT2D eigenvalue weighted by Crippen LogP contribution is -2.18. The lowest BCUT2D eigenvalue weighted by molar-refractivity contribution is 0.362. The summed E-state index contributed by atoms with van der Waals surface area (Å²) in [6, 6.07) is 20.7. The van der Waals surface area contributed by atoms with Crippen molar-refractivity contribution in [1.82, 2.24) is 14.7 Å². The predicted molar refractivity (Wildman–Crippen MR) is 105 cm³/mol. The van der Waals surface area contributed by atoms with Crippen LogP contribution in [-0.2, 0) is 6.54 Å². The zero-order valence-corrected chi connectivity index (χ0v) is 15.2. The average molecular weight is 331 g/mol. The summed E-state index contributed by atoms with van der Waals surface area (Å²) in [5.41, 5.74) is 5.96. The largest absolute Gasteiger partial charge is 0.298 e. The Labute approximate surface area is 150 Å². The van der Waals surface area contributed by atoms with Crippen LogP contribution in [0.5, 0.6) is 0 Å². The van der Waals surface area contributed by atoms with E-state index in [2.05, 4.69) is 74.3 Å². The second-order valence-electron chi connectivity index (χ2n) is 6.41. The van der Waals surface area contributed by atoms with Crippen molar-refractivity contribution in [3.05, 3.63) is 89.3 Å². The molecule has 0 bridgehead atoms. The maximum absolute atomic E-state index is 4.73. The highest BCUT2D eigenvalue weighted by molar-refractivity contribution is 5.48.